The molecule has 0 unspecified atom stereocenters. The number of para-hydroxylation sites is 1. The van der Waals surface area contributed by atoms with Crippen LogP contribution < -0.4 is 10.7 Å². The molecule has 0 atom stereocenters. The lowest BCUT2D eigenvalue weighted by molar-refractivity contribution is -0.116. The Morgan fingerprint density at radius 1 is 1.06 bits per heavy atom. The number of halogens is 1. The lowest BCUT2D eigenvalue weighted by Gasteiger charge is -2.08. The predicted octanol–water partition coefficient (Wildman–Crippen LogP) is 5.86. The molecule has 2 N–H and O–H groups in total. The molecule has 0 aliphatic carbocycles. The van der Waals surface area contributed by atoms with Crippen molar-refractivity contribution in [3.63, 3.8) is 0 Å². The number of hydrogen-bond donors (Lipinski definition) is 2. The number of carbonyl (C=O) groups is 2. The molecule has 0 saturated carbocycles. The van der Waals surface area contributed by atoms with Crippen LogP contribution >= 0.6 is 15.9 Å². The Hall–Kier alpha value is -4.17. The van der Waals surface area contributed by atoms with E-state index in [0.717, 1.165) is 37.6 Å². The van der Waals surface area contributed by atoms with E-state index in [1.165, 1.54) is 0 Å². The van der Waals surface area contributed by atoms with Gasteiger partial charge >= 0.3 is 5.91 Å². The third-order valence-corrected chi connectivity index (χ3v) is 6.00. The van der Waals surface area contributed by atoms with Crippen molar-refractivity contribution >= 4 is 61.5 Å². The first-order chi connectivity index (χ1) is 17.0. The van der Waals surface area contributed by atoms with Crippen LogP contribution in [0.25, 0.3) is 21.9 Å². The van der Waals surface area contributed by atoms with Gasteiger partial charge in [-0.1, -0.05) is 46.3 Å². The van der Waals surface area contributed by atoms with Crippen molar-refractivity contribution in [1.29, 1.82) is 0 Å². The summed E-state index contributed by atoms with van der Waals surface area (Å²) >= 11 is 3.41. The van der Waals surface area contributed by atoms with Gasteiger partial charge in [0, 0.05) is 38.2 Å². The van der Waals surface area contributed by atoms with E-state index in [1.807, 2.05) is 78.4 Å². The van der Waals surface area contributed by atoms with Crippen LogP contribution in [0.5, 0.6) is 0 Å². The van der Waals surface area contributed by atoms with Crippen LogP contribution in [0.15, 0.2) is 93.0 Å². The Labute approximate surface area is 209 Å². The molecule has 174 valence electrons. The summed E-state index contributed by atoms with van der Waals surface area (Å²) in [6.45, 7) is 2.12. The van der Waals surface area contributed by atoms with Crippen molar-refractivity contribution in [2.45, 2.75) is 13.5 Å². The third kappa shape index (κ3) is 5.02. The lowest BCUT2D eigenvalue weighted by atomic mass is 10.2. The molecule has 0 aliphatic rings. The summed E-state index contributed by atoms with van der Waals surface area (Å²) in [4.78, 5) is 25.2. The largest absolute Gasteiger partial charge is 0.451 e. The number of hydrogen-bond acceptors (Lipinski definition) is 4. The van der Waals surface area contributed by atoms with Gasteiger partial charge in [-0.2, -0.15) is 5.10 Å². The van der Waals surface area contributed by atoms with Gasteiger partial charge in [0.1, 0.15) is 12.1 Å². The summed E-state index contributed by atoms with van der Waals surface area (Å²) in [5.74, 6) is -0.412. The molecule has 3 aromatic carbocycles. The van der Waals surface area contributed by atoms with Gasteiger partial charge in [-0.05, 0) is 55.0 Å². The number of aryl methyl sites for hydroxylation is 1. The SMILES string of the molecule is Cc1cccc(NC(=O)Cn2cc(C=NNC(=O)c3cc4cc(Br)ccc4o3)c3ccccc32)c1. The van der Waals surface area contributed by atoms with Crippen LogP contribution in [0.3, 0.4) is 0 Å². The van der Waals surface area contributed by atoms with E-state index in [1.54, 1.807) is 18.3 Å². The van der Waals surface area contributed by atoms with Gasteiger partial charge < -0.3 is 14.3 Å². The Balaban J connectivity index is 1.32. The highest BCUT2D eigenvalue weighted by atomic mass is 79.9. The van der Waals surface area contributed by atoms with Crippen LogP contribution in [0.2, 0.25) is 0 Å². The fraction of sp³-hybridized carbons (Fsp3) is 0.0741. The maximum absolute atomic E-state index is 12.7. The molecular weight excluding hydrogens is 508 g/mol. The van der Waals surface area contributed by atoms with Crippen LogP contribution in [-0.2, 0) is 11.3 Å². The maximum atomic E-state index is 12.7. The Bertz CT molecular complexity index is 1600. The van der Waals surface area contributed by atoms with Crippen LogP contribution in [0, 0.1) is 6.92 Å². The number of aromatic nitrogens is 1. The summed E-state index contributed by atoms with van der Waals surface area (Å²) in [5.41, 5.74) is 6.63. The number of carbonyl (C=O) groups excluding carboxylic acids is 2. The van der Waals surface area contributed by atoms with E-state index < -0.39 is 5.91 Å². The molecule has 5 rings (SSSR count). The molecular formula is C27H21BrN4O3. The number of anilines is 1. The highest BCUT2D eigenvalue weighted by Gasteiger charge is 2.13. The number of nitrogens with zero attached hydrogens (tertiary/aromatic N) is 2. The summed E-state index contributed by atoms with van der Waals surface area (Å²) in [6.07, 6.45) is 3.41. The number of nitrogens with one attached hydrogen (secondary N) is 2. The van der Waals surface area contributed by atoms with Crippen molar-refractivity contribution in [3.8, 4) is 0 Å². The summed E-state index contributed by atoms with van der Waals surface area (Å²) in [7, 11) is 0. The summed E-state index contributed by atoms with van der Waals surface area (Å²) in [5, 5.41) is 8.79. The van der Waals surface area contributed by atoms with Crippen LogP contribution in [-0.4, -0.2) is 22.6 Å². The second-order valence-corrected chi connectivity index (χ2v) is 9.05. The first-order valence-electron chi connectivity index (χ1n) is 10.9. The Morgan fingerprint density at radius 3 is 2.77 bits per heavy atom. The normalized spacial score (nSPS) is 11.4. The van der Waals surface area contributed by atoms with Crippen molar-refractivity contribution in [2.24, 2.45) is 5.10 Å². The Morgan fingerprint density at radius 2 is 1.91 bits per heavy atom. The van der Waals surface area contributed by atoms with E-state index in [-0.39, 0.29) is 18.2 Å². The number of hydrazone groups is 1. The zero-order chi connectivity index (χ0) is 24.4. The van der Waals surface area contributed by atoms with Crippen molar-refractivity contribution in [3.05, 3.63) is 100 Å². The zero-order valence-corrected chi connectivity index (χ0v) is 20.4. The quantitative estimate of drug-likeness (QED) is 0.213. The molecule has 0 spiro atoms. The smallest absolute Gasteiger partial charge is 0.307 e. The molecule has 0 aliphatic heterocycles. The van der Waals surface area contributed by atoms with E-state index in [9.17, 15) is 9.59 Å². The minimum Gasteiger partial charge on any atom is -0.451 e. The number of fused-ring (bicyclic) bond motifs is 2. The molecule has 2 heterocycles. The molecule has 0 radical (unpaired) electrons. The minimum absolute atomic E-state index is 0.135. The van der Waals surface area contributed by atoms with Gasteiger partial charge in [-0.25, -0.2) is 5.43 Å². The average molecular weight is 529 g/mol. The van der Waals surface area contributed by atoms with E-state index in [2.05, 4.69) is 31.8 Å². The Kier molecular flexibility index (Phi) is 6.20. The monoisotopic (exact) mass is 528 g/mol. The van der Waals surface area contributed by atoms with Crippen LogP contribution in [0.4, 0.5) is 5.69 Å². The van der Waals surface area contributed by atoms with Crippen molar-refractivity contribution in [2.75, 3.05) is 5.32 Å². The molecule has 0 saturated heterocycles. The summed E-state index contributed by atoms with van der Waals surface area (Å²) in [6, 6.07) is 22.6. The highest BCUT2D eigenvalue weighted by molar-refractivity contribution is 9.10. The molecule has 5 aromatic rings. The third-order valence-electron chi connectivity index (χ3n) is 5.51. The number of amides is 2. The van der Waals surface area contributed by atoms with Crippen molar-refractivity contribution in [1.82, 2.24) is 9.99 Å². The van der Waals surface area contributed by atoms with Gasteiger partial charge in [-0.15, -0.1) is 0 Å². The molecule has 0 bridgehead atoms. The fourth-order valence-corrected chi connectivity index (χ4v) is 4.31. The molecule has 7 nitrogen and oxygen atoms in total. The minimum atomic E-state index is -0.449. The van der Waals surface area contributed by atoms with Gasteiger partial charge in [0.2, 0.25) is 5.91 Å². The predicted molar refractivity (Wildman–Crippen MR) is 141 cm³/mol. The second kappa shape index (κ2) is 9.60. The number of rotatable bonds is 6. The van der Waals surface area contributed by atoms with E-state index in [0.29, 0.717) is 5.58 Å². The molecule has 8 heteroatoms. The van der Waals surface area contributed by atoms with E-state index in [4.69, 9.17) is 4.42 Å². The maximum Gasteiger partial charge on any atom is 0.307 e. The number of furan rings is 1. The highest BCUT2D eigenvalue weighted by Crippen LogP contribution is 2.23. The first kappa shape index (κ1) is 22.6. The summed E-state index contributed by atoms with van der Waals surface area (Å²) < 4.78 is 8.37. The van der Waals surface area contributed by atoms with Gasteiger partial charge in [0.15, 0.2) is 5.76 Å². The standard InChI is InChI=1S/C27H21BrN4O3/c1-17-5-4-6-21(11-17)30-26(33)16-32-15-19(22-7-2-3-8-23(22)32)14-29-31-27(34)25-13-18-12-20(28)9-10-24(18)35-25/h2-15H,16H2,1H3,(H,30,33)(H,31,34). The van der Waals surface area contributed by atoms with Gasteiger partial charge in [0.05, 0.1) is 6.21 Å². The molecule has 35 heavy (non-hydrogen) atoms. The van der Waals surface area contributed by atoms with Crippen molar-refractivity contribution < 1.29 is 14.0 Å². The van der Waals surface area contributed by atoms with E-state index >= 15 is 0 Å². The average Bonchev–Trinajstić information content (AvgIpc) is 3.40. The zero-order valence-electron chi connectivity index (χ0n) is 18.8. The van der Waals surface area contributed by atoms with Gasteiger partial charge in [0.25, 0.3) is 0 Å². The van der Waals surface area contributed by atoms with Gasteiger partial charge in [-0.3, -0.25) is 9.59 Å². The second-order valence-electron chi connectivity index (χ2n) is 8.14. The topological polar surface area (TPSA) is 88.6 Å². The molecule has 2 aromatic heterocycles. The lowest BCUT2D eigenvalue weighted by Crippen LogP contribution is -2.18. The first-order valence-corrected chi connectivity index (χ1v) is 11.7. The number of benzene rings is 3. The molecule has 2 amide bonds. The van der Waals surface area contributed by atoms with Crippen LogP contribution in [0.1, 0.15) is 21.7 Å². The molecule has 0 fully saturated rings. The fourth-order valence-electron chi connectivity index (χ4n) is 3.93.